The van der Waals surface area contributed by atoms with Crippen molar-refractivity contribution in [3.8, 4) is 0 Å². The van der Waals surface area contributed by atoms with Crippen molar-refractivity contribution >= 4 is 34.8 Å². The van der Waals surface area contributed by atoms with Crippen LogP contribution in [0.1, 0.15) is 24.4 Å². The molecule has 3 N–H and O–H groups in total. The Morgan fingerprint density at radius 3 is 2.71 bits per heavy atom. The maximum atomic E-state index is 6.20. The quantitative estimate of drug-likeness (QED) is 0.876. The molecule has 2 rings (SSSR count). The minimum atomic E-state index is -0.0561. The Labute approximate surface area is 133 Å². The summed E-state index contributed by atoms with van der Waals surface area (Å²) in [6.45, 7) is 2.28. The predicted octanol–water partition coefficient (Wildman–Crippen LogP) is 3.69. The SMILES string of the molecule is COCc1nc(N)cc(NC(C)c2ccc(Cl)cc2Cl)n1. The van der Waals surface area contributed by atoms with Gasteiger partial charge in [-0.1, -0.05) is 29.3 Å². The Morgan fingerprint density at radius 2 is 2.05 bits per heavy atom. The molecule has 0 amide bonds. The molecule has 0 saturated carbocycles. The molecule has 0 aliphatic carbocycles. The van der Waals surface area contributed by atoms with E-state index in [-0.39, 0.29) is 6.04 Å². The molecule has 0 bridgehead atoms. The maximum absolute atomic E-state index is 6.20. The van der Waals surface area contributed by atoms with Gasteiger partial charge in [-0.05, 0) is 24.6 Å². The fourth-order valence-corrected chi connectivity index (χ4v) is 2.51. The summed E-state index contributed by atoms with van der Waals surface area (Å²) < 4.78 is 5.02. The lowest BCUT2D eigenvalue weighted by Crippen LogP contribution is -2.11. The molecule has 0 spiro atoms. The highest BCUT2D eigenvalue weighted by molar-refractivity contribution is 6.35. The van der Waals surface area contributed by atoms with E-state index in [1.54, 1.807) is 25.3 Å². The smallest absolute Gasteiger partial charge is 0.158 e. The molecular weight excluding hydrogens is 311 g/mol. The molecular formula is C14H16Cl2N4O. The standard InChI is InChI=1S/C14H16Cl2N4O/c1-8(10-4-3-9(15)5-11(10)16)18-13-6-12(17)19-14(20-13)7-21-2/h3-6,8H,7H2,1-2H3,(H3,17,18,19,20). The number of halogens is 2. The molecule has 1 aromatic heterocycles. The van der Waals surface area contributed by atoms with E-state index in [0.29, 0.717) is 34.1 Å². The van der Waals surface area contributed by atoms with E-state index in [4.69, 9.17) is 33.7 Å². The Balaban J connectivity index is 2.20. The van der Waals surface area contributed by atoms with Crippen LogP contribution in [-0.2, 0) is 11.3 Å². The largest absolute Gasteiger partial charge is 0.384 e. The minimum absolute atomic E-state index is 0.0561. The van der Waals surface area contributed by atoms with E-state index >= 15 is 0 Å². The van der Waals surface area contributed by atoms with Crippen molar-refractivity contribution in [2.75, 3.05) is 18.2 Å². The van der Waals surface area contributed by atoms with Crippen molar-refractivity contribution in [3.63, 3.8) is 0 Å². The first-order valence-corrected chi connectivity index (χ1v) is 7.09. The molecule has 0 radical (unpaired) electrons. The van der Waals surface area contributed by atoms with Crippen LogP contribution in [0.5, 0.6) is 0 Å². The van der Waals surface area contributed by atoms with Crippen molar-refractivity contribution in [1.82, 2.24) is 9.97 Å². The summed E-state index contributed by atoms with van der Waals surface area (Å²) in [4.78, 5) is 8.43. The number of hydrogen-bond acceptors (Lipinski definition) is 5. The number of benzene rings is 1. The number of ether oxygens (including phenoxy) is 1. The summed E-state index contributed by atoms with van der Waals surface area (Å²) in [6, 6.07) is 6.99. The predicted molar refractivity (Wildman–Crippen MR) is 85.7 cm³/mol. The second-order valence-electron chi connectivity index (χ2n) is 4.56. The maximum Gasteiger partial charge on any atom is 0.158 e. The van der Waals surface area contributed by atoms with Gasteiger partial charge in [0.2, 0.25) is 0 Å². The molecule has 0 aliphatic rings. The van der Waals surface area contributed by atoms with Crippen LogP contribution in [0.25, 0.3) is 0 Å². The van der Waals surface area contributed by atoms with Gasteiger partial charge >= 0.3 is 0 Å². The fraction of sp³-hybridized carbons (Fsp3) is 0.286. The van der Waals surface area contributed by atoms with E-state index in [2.05, 4.69) is 15.3 Å². The van der Waals surface area contributed by atoms with Gasteiger partial charge in [0.15, 0.2) is 5.82 Å². The highest BCUT2D eigenvalue weighted by Gasteiger charge is 2.12. The lowest BCUT2D eigenvalue weighted by molar-refractivity contribution is 0.178. The first-order chi connectivity index (χ1) is 9.99. The molecule has 0 fully saturated rings. The van der Waals surface area contributed by atoms with Gasteiger partial charge in [-0.15, -0.1) is 0 Å². The number of hydrogen-bond donors (Lipinski definition) is 2. The van der Waals surface area contributed by atoms with Crippen LogP contribution in [-0.4, -0.2) is 17.1 Å². The second-order valence-corrected chi connectivity index (χ2v) is 5.40. The van der Waals surface area contributed by atoms with Gasteiger partial charge in [0.05, 0.1) is 6.04 Å². The number of anilines is 2. The van der Waals surface area contributed by atoms with Crippen molar-refractivity contribution in [3.05, 3.63) is 45.7 Å². The number of nitrogen functional groups attached to an aromatic ring is 1. The average Bonchev–Trinajstić information content (AvgIpc) is 2.37. The number of aromatic nitrogens is 2. The summed E-state index contributed by atoms with van der Waals surface area (Å²) in [5, 5.41) is 4.44. The summed E-state index contributed by atoms with van der Waals surface area (Å²) in [5.41, 5.74) is 6.69. The summed E-state index contributed by atoms with van der Waals surface area (Å²) >= 11 is 12.1. The third-order valence-corrected chi connectivity index (χ3v) is 3.42. The molecule has 21 heavy (non-hydrogen) atoms. The van der Waals surface area contributed by atoms with Gasteiger partial charge in [-0.2, -0.15) is 0 Å². The molecule has 1 unspecified atom stereocenters. The van der Waals surface area contributed by atoms with Crippen LogP contribution >= 0.6 is 23.2 Å². The zero-order chi connectivity index (χ0) is 15.4. The van der Waals surface area contributed by atoms with E-state index < -0.39 is 0 Å². The summed E-state index contributed by atoms with van der Waals surface area (Å²) in [5.74, 6) is 1.52. The van der Waals surface area contributed by atoms with Crippen molar-refractivity contribution in [2.45, 2.75) is 19.6 Å². The van der Waals surface area contributed by atoms with E-state index in [0.717, 1.165) is 5.56 Å². The molecule has 1 heterocycles. The Bertz CT molecular complexity index is 636. The fourth-order valence-electron chi connectivity index (χ4n) is 1.94. The Kier molecular flexibility index (Phi) is 5.22. The van der Waals surface area contributed by atoms with E-state index in [1.165, 1.54) is 0 Å². The molecule has 0 saturated heterocycles. The lowest BCUT2D eigenvalue weighted by atomic mass is 10.1. The second kappa shape index (κ2) is 6.93. The number of methoxy groups -OCH3 is 1. The van der Waals surface area contributed by atoms with Crippen LogP contribution in [0.4, 0.5) is 11.6 Å². The van der Waals surface area contributed by atoms with Gasteiger partial charge in [0.25, 0.3) is 0 Å². The Hall–Kier alpha value is -1.56. The van der Waals surface area contributed by atoms with Crippen LogP contribution in [0.3, 0.4) is 0 Å². The summed E-state index contributed by atoms with van der Waals surface area (Å²) in [7, 11) is 1.58. The van der Waals surface area contributed by atoms with Crippen molar-refractivity contribution < 1.29 is 4.74 Å². The normalized spacial score (nSPS) is 12.2. The number of nitrogens with zero attached hydrogens (tertiary/aromatic N) is 2. The molecule has 112 valence electrons. The monoisotopic (exact) mass is 326 g/mol. The zero-order valence-corrected chi connectivity index (χ0v) is 13.2. The topological polar surface area (TPSA) is 73.1 Å². The molecule has 5 nitrogen and oxygen atoms in total. The lowest BCUT2D eigenvalue weighted by Gasteiger charge is -2.17. The van der Waals surface area contributed by atoms with Crippen LogP contribution in [0, 0.1) is 0 Å². The van der Waals surface area contributed by atoms with Gasteiger partial charge in [0.1, 0.15) is 18.2 Å². The minimum Gasteiger partial charge on any atom is -0.384 e. The van der Waals surface area contributed by atoms with E-state index in [9.17, 15) is 0 Å². The van der Waals surface area contributed by atoms with Gasteiger partial charge in [0, 0.05) is 23.2 Å². The van der Waals surface area contributed by atoms with Crippen LogP contribution in [0.15, 0.2) is 24.3 Å². The Morgan fingerprint density at radius 1 is 1.29 bits per heavy atom. The first-order valence-electron chi connectivity index (χ1n) is 6.33. The molecule has 1 aromatic carbocycles. The first kappa shape index (κ1) is 15.8. The van der Waals surface area contributed by atoms with Gasteiger partial charge in [-0.25, -0.2) is 9.97 Å². The summed E-state index contributed by atoms with van der Waals surface area (Å²) in [6.07, 6.45) is 0. The third kappa shape index (κ3) is 4.20. The number of nitrogens with one attached hydrogen (secondary N) is 1. The molecule has 0 aliphatic heterocycles. The average molecular weight is 327 g/mol. The van der Waals surface area contributed by atoms with E-state index in [1.807, 2.05) is 13.0 Å². The van der Waals surface area contributed by atoms with Crippen LogP contribution in [0.2, 0.25) is 10.0 Å². The highest BCUT2D eigenvalue weighted by Crippen LogP contribution is 2.28. The molecule has 2 aromatic rings. The van der Waals surface area contributed by atoms with Gasteiger partial charge < -0.3 is 15.8 Å². The van der Waals surface area contributed by atoms with Gasteiger partial charge in [-0.3, -0.25) is 0 Å². The third-order valence-electron chi connectivity index (χ3n) is 2.86. The molecule has 7 heteroatoms. The number of rotatable bonds is 5. The number of nitrogens with two attached hydrogens (primary N) is 1. The van der Waals surface area contributed by atoms with Crippen molar-refractivity contribution in [1.29, 1.82) is 0 Å². The highest BCUT2D eigenvalue weighted by atomic mass is 35.5. The van der Waals surface area contributed by atoms with Crippen molar-refractivity contribution in [2.24, 2.45) is 0 Å². The molecule has 1 atom stereocenters. The van der Waals surface area contributed by atoms with Crippen LogP contribution < -0.4 is 11.1 Å². The zero-order valence-electron chi connectivity index (χ0n) is 11.7.